The number of carboxylic acid groups (broad SMARTS) is 1. The van der Waals surface area contributed by atoms with E-state index in [1.807, 2.05) is 0 Å². The van der Waals surface area contributed by atoms with Gasteiger partial charge in [-0.3, -0.25) is 14.4 Å². The predicted molar refractivity (Wildman–Crippen MR) is 119 cm³/mol. The molecule has 0 fully saturated rings. The summed E-state index contributed by atoms with van der Waals surface area (Å²) in [5.74, 6) is -2.51. The maximum absolute atomic E-state index is 12.2. The van der Waals surface area contributed by atoms with Gasteiger partial charge in [-0.1, -0.05) is 97.8 Å². The van der Waals surface area contributed by atoms with Crippen LogP contribution in [0.3, 0.4) is 0 Å². The van der Waals surface area contributed by atoms with Crippen LogP contribution in [0.5, 0.6) is 0 Å². The van der Waals surface area contributed by atoms with Crippen LogP contribution in [0.15, 0.2) is 0 Å². The number of carbonyl (C=O) groups is 3. The molecule has 0 aliphatic carbocycles. The van der Waals surface area contributed by atoms with Crippen LogP contribution in [0, 0.1) is 5.92 Å². The first-order valence-electron chi connectivity index (χ1n) is 11.8. The van der Waals surface area contributed by atoms with Gasteiger partial charge in [0.05, 0.1) is 0 Å². The number of nitrogens with one attached hydrogen (secondary N) is 2. The molecule has 0 spiro atoms. The summed E-state index contributed by atoms with van der Waals surface area (Å²) in [6.07, 6.45) is 13.8. The molecule has 2 amide bonds. The Morgan fingerprint density at radius 1 is 0.767 bits per heavy atom. The highest BCUT2D eigenvalue weighted by atomic mass is 16.4. The van der Waals surface area contributed by atoms with E-state index in [1.165, 1.54) is 57.8 Å². The van der Waals surface area contributed by atoms with Crippen molar-refractivity contribution in [2.24, 2.45) is 5.92 Å². The number of rotatable bonds is 19. The molecule has 0 aromatic heterocycles. The minimum atomic E-state index is -1.15. The van der Waals surface area contributed by atoms with Crippen LogP contribution in [0.25, 0.3) is 0 Å². The monoisotopic (exact) mass is 428 g/mol. The Labute approximate surface area is 182 Å². The highest BCUT2D eigenvalue weighted by Crippen LogP contribution is 2.13. The van der Waals surface area contributed by atoms with E-state index in [9.17, 15) is 19.5 Å². The first-order chi connectivity index (χ1) is 14.3. The van der Waals surface area contributed by atoms with Crippen LogP contribution in [-0.4, -0.2) is 46.7 Å². The maximum Gasteiger partial charge on any atom is 0.322 e. The van der Waals surface area contributed by atoms with Crippen molar-refractivity contribution in [3.05, 3.63) is 0 Å². The number of unbranched alkanes of at least 4 members (excludes halogenated alkanes) is 11. The fourth-order valence-corrected chi connectivity index (χ4v) is 3.37. The first kappa shape index (κ1) is 28.4. The largest absolute Gasteiger partial charge is 0.480 e. The van der Waals surface area contributed by atoms with Crippen LogP contribution in [0.2, 0.25) is 0 Å². The number of amides is 2. The molecule has 0 saturated heterocycles. The first-order valence-corrected chi connectivity index (χ1v) is 11.8. The van der Waals surface area contributed by atoms with Crippen molar-refractivity contribution in [3.8, 4) is 0 Å². The Bertz CT molecular complexity index is 482. The zero-order chi connectivity index (χ0) is 22.8. The highest BCUT2D eigenvalue weighted by Gasteiger charge is 2.26. The topological polar surface area (TPSA) is 116 Å². The van der Waals surface area contributed by atoms with Gasteiger partial charge in [0.15, 0.2) is 0 Å². The molecule has 0 aromatic rings. The smallest absolute Gasteiger partial charge is 0.322 e. The third kappa shape index (κ3) is 15.2. The van der Waals surface area contributed by atoms with Gasteiger partial charge in [-0.25, -0.2) is 0 Å². The van der Waals surface area contributed by atoms with Crippen molar-refractivity contribution in [2.45, 2.75) is 116 Å². The number of carbonyl (C=O) groups excluding carboxylic acids is 2. The number of aliphatic carboxylic acids is 1. The summed E-state index contributed by atoms with van der Waals surface area (Å²) in [6.45, 7) is 5.24. The Morgan fingerprint density at radius 2 is 1.23 bits per heavy atom. The lowest BCUT2D eigenvalue weighted by molar-refractivity contribution is -0.139. The van der Waals surface area contributed by atoms with Gasteiger partial charge < -0.3 is 20.8 Å². The zero-order valence-corrected chi connectivity index (χ0v) is 19.3. The number of hydrogen-bond donors (Lipinski definition) is 4. The molecule has 0 saturated carbocycles. The van der Waals surface area contributed by atoms with E-state index in [2.05, 4.69) is 17.6 Å². The molecule has 0 heterocycles. The summed E-state index contributed by atoms with van der Waals surface area (Å²) in [7, 11) is 0. The van der Waals surface area contributed by atoms with E-state index in [1.54, 1.807) is 13.8 Å². The van der Waals surface area contributed by atoms with Gasteiger partial charge in [0.1, 0.15) is 18.7 Å². The molecular weight excluding hydrogens is 384 g/mol. The second-order valence-corrected chi connectivity index (χ2v) is 8.54. The lowest BCUT2D eigenvalue weighted by Crippen LogP contribution is -2.52. The summed E-state index contributed by atoms with van der Waals surface area (Å²) in [6, 6.07) is -0.867. The van der Waals surface area contributed by atoms with Crippen LogP contribution < -0.4 is 10.6 Å². The third-order valence-corrected chi connectivity index (χ3v) is 5.29. The van der Waals surface area contributed by atoms with Crippen molar-refractivity contribution < 1.29 is 24.6 Å². The normalized spacial score (nSPS) is 13.1. The molecule has 176 valence electrons. The van der Waals surface area contributed by atoms with Crippen molar-refractivity contribution in [2.75, 3.05) is 6.54 Å². The standard InChI is InChI=1S/C23H44N2O5/c1-4-5-6-7-8-9-10-11-12-13-14-15-16-19(26)22(29)25-21(18(2)3)23(30)24-17-20(27)28/h18-19,21,26H,4-17H2,1-3H3,(H,24,30)(H,25,29)(H,27,28)/t19?,21-/m0/s1. The molecule has 7 heteroatoms. The highest BCUT2D eigenvalue weighted by molar-refractivity contribution is 5.90. The van der Waals surface area contributed by atoms with Gasteiger partial charge in [-0.2, -0.15) is 0 Å². The Morgan fingerprint density at radius 3 is 1.67 bits per heavy atom. The second-order valence-electron chi connectivity index (χ2n) is 8.54. The van der Waals surface area contributed by atoms with Crippen LogP contribution in [0.4, 0.5) is 0 Å². The molecule has 4 N–H and O–H groups in total. The van der Waals surface area contributed by atoms with Gasteiger partial charge in [-0.05, 0) is 12.3 Å². The lowest BCUT2D eigenvalue weighted by atomic mass is 10.0. The fraction of sp³-hybridized carbons (Fsp3) is 0.870. The van der Waals surface area contributed by atoms with Crippen molar-refractivity contribution in [3.63, 3.8) is 0 Å². The van der Waals surface area contributed by atoms with Gasteiger partial charge in [-0.15, -0.1) is 0 Å². The van der Waals surface area contributed by atoms with Gasteiger partial charge >= 0.3 is 5.97 Å². The molecule has 7 nitrogen and oxygen atoms in total. The SMILES string of the molecule is CCCCCCCCCCCCCCC(O)C(=O)N[C@H](C(=O)NCC(=O)O)C(C)C. The molecule has 0 aliphatic heterocycles. The summed E-state index contributed by atoms with van der Waals surface area (Å²) < 4.78 is 0. The Hall–Kier alpha value is -1.63. The molecule has 0 bridgehead atoms. The summed E-state index contributed by atoms with van der Waals surface area (Å²) in [5.41, 5.74) is 0. The van der Waals surface area contributed by atoms with Crippen LogP contribution in [-0.2, 0) is 14.4 Å². The molecule has 0 rings (SSSR count). The van der Waals surface area contributed by atoms with Crippen molar-refractivity contribution >= 4 is 17.8 Å². The third-order valence-electron chi connectivity index (χ3n) is 5.29. The summed E-state index contributed by atoms with van der Waals surface area (Å²) in [5, 5.41) is 23.5. The van der Waals surface area contributed by atoms with Crippen LogP contribution >= 0.6 is 0 Å². The molecule has 0 radical (unpaired) electrons. The van der Waals surface area contributed by atoms with Gasteiger partial charge in [0.25, 0.3) is 0 Å². The van der Waals surface area contributed by atoms with E-state index in [-0.39, 0.29) is 5.92 Å². The minimum Gasteiger partial charge on any atom is -0.480 e. The maximum atomic E-state index is 12.2. The van der Waals surface area contributed by atoms with E-state index in [0.717, 1.165) is 19.3 Å². The lowest BCUT2D eigenvalue weighted by Gasteiger charge is -2.22. The number of carboxylic acids is 1. The molecule has 0 aliphatic rings. The molecule has 1 unspecified atom stereocenters. The average Bonchev–Trinajstić information content (AvgIpc) is 2.70. The predicted octanol–water partition coefficient (Wildman–Crippen LogP) is 3.78. The van der Waals surface area contributed by atoms with Gasteiger partial charge in [0, 0.05) is 0 Å². The van der Waals surface area contributed by atoms with Crippen molar-refractivity contribution in [1.29, 1.82) is 0 Å². The van der Waals surface area contributed by atoms with E-state index >= 15 is 0 Å². The number of aliphatic hydroxyl groups is 1. The zero-order valence-electron chi connectivity index (χ0n) is 19.3. The van der Waals surface area contributed by atoms with Crippen molar-refractivity contribution in [1.82, 2.24) is 10.6 Å². The van der Waals surface area contributed by atoms with Crippen LogP contribution in [0.1, 0.15) is 104 Å². The molecule has 2 atom stereocenters. The minimum absolute atomic E-state index is 0.221. The molecule has 0 aromatic carbocycles. The number of hydrogen-bond acceptors (Lipinski definition) is 4. The Balaban J connectivity index is 3.88. The summed E-state index contributed by atoms with van der Waals surface area (Å²) in [4.78, 5) is 34.8. The fourth-order valence-electron chi connectivity index (χ4n) is 3.37. The Kier molecular flexibility index (Phi) is 17.2. The quantitative estimate of drug-likeness (QED) is 0.234. The second kappa shape index (κ2) is 18.2. The molecular formula is C23H44N2O5. The molecule has 30 heavy (non-hydrogen) atoms. The van der Waals surface area contributed by atoms with E-state index in [4.69, 9.17) is 5.11 Å². The average molecular weight is 429 g/mol. The summed E-state index contributed by atoms with van der Waals surface area (Å²) >= 11 is 0. The van der Waals surface area contributed by atoms with E-state index in [0.29, 0.717) is 6.42 Å². The number of aliphatic hydroxyl groups excluding tert-OH is 1. The van der Waals surface area contributed by atoms with E-state index < -0.39 is 36.5 Å². The van der Waals surface area contributed by atoms with Gasteiger partial charge in [0.2, 0.25) is 11.8 Å².